The average molecular weight is 280 g/mol. The molecular formula is C14H20N2O4. The van der Waals surface area contributed by atoms with Crippen molar-refractivity contribution in [2.24, 2.45) is 5.41 Å². The summed E-state index contributed by atoms with van der Waals surface area (Å²) in [5, 5.41) is 9.18. The second kappa shape index (κ2) is 5.19. The molecule has 1 aliphatic rings. The number of aryl methyl sites for hydroxylation is 1. The first-order valence-electron chi connectivity index (χ1n) is 6.60. The Labute approximate surface area is 118 Å². The van der Waals surface area contributed by atoms with E-state index in [9.17, 15) is 14.7 Å². The average Bonchev–Trinajstić information content (AvgIpc) is 2.96. The summed E-state index contributed by atoms with van der Waals surface area (Å²) >= 11 is 0. The van der Waals surface area contributed by atoms with Crippen LogP contribution in [-0.2, 0) is 11.3 Å². The van der Waals surface area contributed by atoms with Gasteiger partial charge in [0, 0.05) is 20.1 Å². The zero-order chi connectivity index (χ0) is 14.9. The number of hydrogen-bond donors (Lipinski definition) is 1. The predicted molar refractivity (Wildman–Crippen MR) is 72.2 cm³/mol. The number of likely N-dealkylation sites (tertiary alicyclic amines) is 1. The monoisotopic (exact) mass is 280 g/mol. The van der Waals surface area contributed by atoms with Crippen LogP contribution in [-0.4, -0.2) is 47.0 Å². The molecule has 0 aromatic carbocycles. The number of carboxylic acid groups (broad SMARTS) is 1. The minimum Gasteiger partial charge on any atom is -0.481 e. The summed E-state index contributed by atoms with van der Waals surface area (Å²) < 4.78 is 5.44. The van der Waals surface area contributed by atoms with Gasteiger partial charge < -0.3 is 19.3 Å². The molecule has 1 N–H and O–H groups in total. The second-order valence-electron chi connectivity index (χ2n) is 5.69. The first kappa shape index (κ1) is 14.4. The van der Waals surface area contributed by atoms with Crippen molar-refractivity contribution in [3.8, 4) is 0 Å². The Kier molecular flexibility index (Phi) is 3.74. The molecule has 0 radical (unpaired) electrons. The molecule has 1 atom stereocenters. The van der Waals surface area contributed by atoms with Crippen LogP contribution in [0.5, 0.6) is 0 Å². The van der Waals surface area contributed by atoms with Crippen LogP contribution >= 0.6 is 0 Å². The number of carboxylic acids is 1. The quantitative estimate of drug-likeness (QED) is 0.918. The molecule has 1 unspecified atom stereocenters. The fourth-order valence-corrected chi connectivity index (χ4v) is 2.41. The molecule has 0 aliphatic carbocycles. The lowest BCUT2D eigenvalue weighted by Gasteiger charge is -2.25. The van der Waals surface area contributed by atoms with Crippen molar-refractivity contribution >= 4 is 12.0 Å². The molecule has 0 bridgehead atoms. The molecule has 6 nitrogen and oxygen atoms in total. The summed E-state index contributed by atoms with van der Waals surface area (Å²) in [6, 6.07) is 3.53. The number of amides is 2. The number of furan rings is 1. The maximum atomic E-state index is 12.3. The van der Waals surface area contributed by atoms with Crippen LogP contribution < -0.4 is 0 Å². The Balaban J connectivity index is 1.96. The highest BCUT2D eigenvalue weighted by Crippen LogP contribution is 2.30. The normalized spacial score (nSPS) is 22.1. The van der Waals surface area contributed by atoms with Crippen LogP contribution in [0.25, 0.3) is 0 Å². The summed E-state index contributed by atoms with van der Waals surface area (Å²) in [5.41, 5.74) is -0.836. The van der Waals surface area contributed by atoms with Crippen LogP contribution in [0.2, 0.25) is 0 Å². The van der Waals surface area contributed by atoms with Crippen molar-refractivity contribution in [3.63, 3.8) is 0 Å². The third-order valence-corrected chi connectivity index (χ3v) is 3.78. The number of carbonyl (C=O) groups is 2. The van der Waals surface area contributed by atoms with Crippen LogP contribution in [0.3, 0.4) is 0 Å². The third-order valence-electron chi connectivity index (χ3n) is 3.78. The van der Waals surface area contributed by atoms with Crippen molar-refractivity contribution in [3.05, 3.63) is 23.7 Å². The SMILES string of the molecule is Cc1ccc(CN(C)C(=O)N2CCC(C)(C(=O)O)C2)o1. The van der Waals surface area contributed by atoms with Gasteiger partial charge in [0.15, 0.2) is 0 Å². The molecule has 1 saturated heterocycles. The maximum absolute atomic E-state index is 12.3. The van der Waals surface area contributed by atoms with E-state index in [0.717, 1.165) is 11.5 Å². The van der Waals surface area contributed by atoms with E-state index in [2.05, 4.69) is 0 Å². The van der Waals surface area contributed by atoms with Gasteiger partial charge in [-0.15, -0.1) is 0 Å². The van der Waals surface area contributed by atoms with Crippen molar-refractivity contribution in [1.29, 1.82) is 0 Å². The van der Waals surface area contributed by atoms with E-state index in [0.29, 0.717) is 19.5 Å². The van der Waals surface area contributed by atoms with Crippen LogP contribution in [0.1, 0.15) is 24.9 Å². The number of carbonyl (C=O) groups excluding carboxylic acids is 1. The fourth-order valence-electron chi connectivity index (χ4n) is 2.41. The van der Waals surface area contributed by atoms with E-state index in [1.54, 1.807) is 23.8 Å². The first-order valence-corrected chi connectivity index (χ1v) is 6.60. The molecule has 2 amide bonds. The Morgan fingerprint density at radius 3 is 2.70 bits per heavy atom. The summed E-state index contributed by atoms with van der Waals surface area (Å²) in [6.45, 7) is 4.64. The van der Waals surface area contributed by atoms with E-state index in [-0.39, 0.29) is 12.6 Å². The number of nitrogens with zero attached hydrogens (tertiary/aromatic N) is 2. The summed E-state index contributed by atoms with van der Waals surface area (Å²) in [4.78, 5) is 26.6. The molecule has 1 aromatic rings. The van der Waals surface area contributed by atoms with Gasteiger partial charge in [0.05, 0.1) is 12.0 Å². The summed E-state index contributed by atoms with van der Waals surface area (Å²) in [5.74, 6) is 0.677. The van der Waals surface area contributed by atoms with Gasteiger partial charge in [-0.05, 0) is 32.4 Å². The lowest BCUT2D eigenvalue weighted by atomic mass is 9.90. The van der Waals surface area contributed by atoms with E-state index in [1.165, 1.54) is 0 Å². The van der Waals surface area contributed by atoms with E-state index in [1.807, 2.05) is 19.1 Å². The van der Waals surface area contributed by atoms with Gasteiger partial charge in [-0.2, -0.15) is 0 Å². The molecule has 0 saturated carbocycles. The smallest absolute Gasteiger partial charge is 0.320 e. The maximum Gasteiger partial charge on any atom is 0.320 e. The molecule has 2 rings (SSSR count). The molecule has 1 aliphatic heterocycles. The fraction of sp³-hybridized carbons (Fsp3) is 0.571. The van der Waals surface area contributed by atoms with Crippen molar-refractivity contribution in [1.82, 2.24) is 9.80 Å². The number of hydrogen-bond acceptors (Lipinski definition) is 3. The van der Waals surface area contributed by atoms with Crippen LogP contribution in [0.15, 0.2) is 16.5 Å². The Bertz CT molecular complexity index is 525. The number of urea groups is 1. The molecule has 1 fully saturated rings. The van der Waals surface area contributed by atoms with Crippen LogP contribution in [0, 0.1) is 12.3 Å². The summed E-state index contributed by atoms with van der Waals surface area (Å²) in [6.07, 6.45) is 0.488. The van der Waals surface area contributed by atoms with Gasteiger partial charge in [-0.3, -0.25) is 4.79 Å². The predicted octanol–water partition coefficient (Wildman–Crippen LogP) is 1.94. The molecule has 20 heavy (non-hydrogen) atoms. The zero-order valence-electron chi connectivity index (χ0n) is 12.0. The Morgan fingerprint density at radius 1 is 1.50 bits per heavy atom. The van der Waals surface area contributed by atoms with Crippen molar-refractivity contribution in [2.75, 3.05) is 20.1 Å². The summed E-state index contributed by atoms with van der Waals surface area (Å²) in [7, 11) is 1.69. The lowest BCUT2D eigenvalue weighted by Crippen LogP contribution is -2.41. The molecule has 110 valence electrons. The van der Waals surface area contributed by atoms with Crippen LogP contribution in [0.4, 0.5) is 4.79 Å². The Morgan fingerprint density at radius 2 is 2.20 bits per heavy atom. The highest BCUT2D eigenvalue weighted by atomic mass is 16.4. The standard InChI is InChI=1S/C14H20N2O4/c1-10-4-5-11(20-10)8-15(3)13(19)16-7-6-14(2,9-16)12(17)18/h4-5H,6-9H2,1-3H3,(H,17,18). The topological polar surface area (TPSA) is 74.0 Å². The van der Waals surface area contributed by atoms with Gasteiger partial charge in [0.2, 0.25) is 0 Å². The van der Waals surface area contributed by atoms with Gasteiger partial charge in [0.1, 0.15) is 11.5 Å². The number of aliphatic carboxylic acids is 1. The molecular weight excluding hydrogens is 260 g/mol. The van der Waals surface area contributed by atoms with Gasteiger partial charge in [0.25, 0.3) is 0 Å². The molecule has 6 heteroatoms. The molecule has 0 spiro atoms. The largest absolute Gasteiger partial charge is 0.481 e. The third kappa shape index (κ3) is 2.79. The number of rotatable bonds is 3. The molecule has 1 aromatic heterocycles. The highest BCUT2D eigenvalue weighted by Gasteiger charge is 2.42. The van der Waals surface area contributed by atoms with Crippen molar-refractivity contribution in [2.45, 2.75) is 26.8 Å². The van der Waals surface area contributed by atoms with Crippen molar-refractivity contribution < 1.29 is 19.1 Å². The lowest BCUT2D eigenvalue weighted by molar-refractivity contribution is -0.147. The van der Waals surface area contributed by atoms with Gasteiger partial charge in [-0.1, -0.05) is 0 Å². The minimum atomic E-state index is -0.850. The highest BCUT2D eigenvalue weighted by molar-refractivity contribution is 5.79. The van der Waals surface area contributed by atoms with E-state index in [4.69, 9.17) is 4.42 Å². The molecule has 2 heterocycles. The zero-order valence-corrected chi connectivity index (χ0v) is 12.0. The van der Waals surface area contributed by atoms with E-state index >= 15 is 0 Å². The first-order chi connectivity index (χ1) is 9.32. The van der Waals surface area contributed by atoms with Gasteiger partial charge in [-0.25, -0.2) is 4.79 Å². The second-order valence-corrected chi connectivity index (χ2v) is 5.69. The van der Waals surface area contributed by atoms with E-state index < -0.39 is 11.4 Å². The van der Waals surface area contributed by atoms with Gasteiger partial charge >= 0.3 is 12.0 Å². The minimum absolute atomic E-state index is 0.163. The Hall–Kier alpha value is -1.98.